The van der Waals surface area contributed by atoms with Gasteiger partial charge in [0.1, 0.15) is 5.60 Å². The summed E-state index contributed by atoms with van der Waals surface area (Å²) in [6, 6.07) is 11.1. The van der Waals surface area contributed by atoms with Crippen molar-refractivity contribution in [1.82, 2.24) is 9.88 Å². The van der Waals surface area contributed by atoms with Gasteiger partial charge in [-0.25, -0.2) is 4.79 Å². The molecule has 2 unspecified atom stereocenters. The van der Waals surface area contributed by atoms with Crippen molar-refractivity contribution in [2.24, 2.45) is 0 Å². The van der Waals surface area contributed by atoms with Crippen LogP contribution in [-0.2, 0) is 4.74 Å². The van der Waals surface area contributed by atoms with Crippen LogP contribution in [0, 0.1) is 0 Å². The summed E-state index contributed by atoms with van der Waals surface area (Å²) in [4.78, 5) is 28.2. The maximum atomic E-state index is 12.6. The van der Waals surface area contributed by atoms with E-state index in [-0.39, 0.29) is 17.7 Å². The topological polar surface area (TPSA) is 82.6 Å². The number of hydrogen-bond acceptors (Lipinski definition) is 4. The van der Waals surface area contributed by atoms with Gasteiger partial charge in [-0.3, -0.25) is 4.79 Å². The number of H-pyrrole nitrogens is 1. The molecule has 1 saturated heterocycles. The Kier molecular flexibility index (Phi) is 5.35. The number of cyclic esters (lactones) is 1. The molecule has 0 bridgehead atoms. The Morgan fingerprint density at radius 1 is 1.18 bits per heavy atom. The van der Waals surface area contributed by atoms with Gasteiger partial charge in [-0.2, -0.15) is 0 Å². The molecule has 0 aliphatic carbocycles. The van der Waals surface area contributed by atoms with Crippen LogP contribution >= 0.6 is 0 Å². The zero-order valence-electron chi connectivity index (χ0n) is 16.9. The first-order chi connectivity index (χ1) is 13.1. The summed E-state index contributed by atoms with van der Waals surface area (Å²) < 4.78 is 5.70. The first-order valence-corrected chi connectivity index (χ1v) is 9.57. The van der Waals surface area contributed by atoms with Gasteiger partial charge in [0.05, 0.1) is 11.6 Å². The summed E-state index contributed by atoms with van der Waals surface area (Å²) in [5, 5.41) is 10.1. The number of benzene rings is 1. The molecule has 0 saturated carbocycles. The second kappa shape index (κ2) is 7.43. The lowest BCUT2D eigenvalue weighted by Crippen LogP contribution is -2.51. The van der Waals surface area contributed by atoms with Crippen LogP contribution in [0.1, 0.15) is 52.1 Å². The van der Waals surface area contributed by atoms with Gasteiger partial charge < -0.3 is 19.7 Å². The number of pyridine rings is 1. The highest BCUT2D eigenvalue weighted by Crippen LogP contribution is 2.35. The van der Waals surface area contributed by atoms with Gasteiger partial charge >= 0.3 is 6.09 Å². The summed E-state index contributed by atoms with van der Waals surface area (Å²) in [5.41, 5.74) is 1.26. The van der Waals surface area contributed by atoms with Crippen LogP contribution < -0.4 is 5.56 Å². The number of aliphatic hydroxyl groups is 1. The molecule has 6 nitrogen and oxygen atoms in total. The smallest absolute Gasteiger partial charge is 0.410 e. The monoisotopic (exact) mass is 384 g/mol. The van der Waals surface area contributed by atoms with Crippen LogP contribution in [-0.4, -0.2) is 38.8 Å². The quantitative estimate of drug-likeness (QED) is 0.820. The summed E-state index contributed by atoms with van der Waals surface area (Å²) in [7, 11) is 0. The van der Waals surface area contributed by atoms with Crippen LogP contribution in [0.3, 0.4) is 0 Å². The normalized spacial score (nSPS) is 21.3. The molecule has 1 aromatic heterocycles. The molecular weight excluding hydrogens is 356 g/mol. The molecule has 1 fully saturated rings. The number of nitrogens with zero attached hydrogens (tertiary/aromatic N) is 1. The minimum Gasteiger partial charge on any atom is -0.443 e. The Morgan fingerprint density at radius 3 is 2.36 bits per heavy atom. The van der Waals surface area contributed by atoms with E-state index in [0.717, 1.165) is 16.7 Å². The number of nitrogens with one attached hydrogen (secondary N) is 1. The molecule has 0 radical (unpaired) electrons. The molecule has 28 heavy (non-hydrogen) atoms. The molecule has 0 spiro atoms. The third-order valence-corrected chi connectivity index (χ3v) is 5.23. The van der Waals surface area contributed by atoms with Gasteiger partial charge in [0.25, 0.3) is 0 Å². The second-order valence-corrected chi connectivity index (χ2v) is 8.49. The van der Waals surface area contributed by atoms with E-state index in [0.29, 0.717) is 19.4 Å². The van der Waals surface area contributed by atoms with E-state index < -0.39 is 11.2 Å². The largest absolute Gasteiger partial charge is 0.443 e. The van der Waals surface area contributed by atoms with E-state index >= 15 is 0 Å². The predicted molar refractivity (Wildman–Crippen MR) is 108 cm³/mol. The van der Waals surface area contributed by atoms with Crippen molar-refractivity contribution in [2.75, 3.05) is 6.54 Å². The molecule has 1 aliphatic heterocycles. The average Bonchev–Trinajstić information content (AvgIpc) is 2.60. The number of aromatic nitrogens is 1. The number of ether oxygens (including phenoxy) is 1. The van der Waals surface area contributed by atoms with Gasteiger partial charge in [-0.15, -0.1) is 0 Å². The standard InChI is InChI=1S/C22H28N2O4/c1-15(24-12-11-22(4,28-20(24)26)14-21(2,3)27)16-5-7-17(8-6-16)18-9-10-19(25)23-13-18/h5-10,13,15,27H,11-12,14H2,1-4H3,(H,23,25). The Balaban J connectivity index is 1.70. The fourth-order valence-electron chi connectivity index (χ4n) is 3.88. The first-order valence-electron chi connectivity index (χ1n) is 9.57. The summed E-state index contributed by atoms with van der Waals surface area (Å²) in [5.74, 6) is 0. The van der Waals surface area contributed by atoms with Gasteiger partial charge in [-0.1, -0.05) is 24.3 Å². The lowest BCUT2D eigenvalue weighted by atomic mass is 9.87. The molecule has 2 atom stereocenters. The second-order valence-electron chi connectivity index (χ2n) is 8.49. The highest BCUT2D eigenvalue weighted by Gasteiger charge is 2.41. The van der Waals surface area contributed by atoms with Gasteiger partial charge in [0.15, 0.2) is 0 Å². The zero-order valence-corrected chi connectivity index (χ0v) is 16.9. The zero-order chi connectivity index (χ0) is 20.5. The fourth-order valence-corrected chi connectivity index (χ4v) is 3.88. The molecule has 1 aliphatic rings. The number of amides is 1. The Bertz CT molecular complexity index is 877. The maximum Gasteiger partial charge on any atom is 0.410 e. The SMILES string of the molecule is CC(c1ccc(-c2ccc(=O)[nH]c2)cc1)N1CCC(C)(CC(C)(C)O)OC1=O. The predicted octanol–water partition coefficient (Wildman–Crippen LogP) is 3.86. The van der Waals surface area contributed by atoms with E-state index in [1.165, 1.54) is 6.07 Å². The van der Waals surface area contributed by atoms with Crippen LogP contribution in [0.2, 0.25) is 0 Å². The van der Waals surface area contributed by atoms with Crippen molar-refractivity contribution in [1.29, 1.82) is 0 Å². The third-order valence-electron chi connectivity index (χ3n) is 5.23. The Hall–Kier alpha value is -2.60. The van der Waals surface area contributed by atoms with Crippen molar-refractivity contribution in [3.05, 3.63) is 58.5 Å². The minimum atomic E-state index is -0.889. The minimum absolute atomic E-state index is 0.121. The molecule has 2 aromatic rings. The van der Waals surface area contributed by atoms with Gasteiger partial charge in [0, 0.05) is 31.6 Å². The third kappa shape index (κ3) is 4.62. The van der Waals surface area contributed by atoms with Crippen molar-refractivity contribution < 1.29 is 14.6 Å². The number of carbonyl (C=O) groups is 1. The van der Waals surface area contributed by atoms with Crippen LogP contribution in [0.15, 0.2) is 47.4 Å². The molecule has 6 heteroatoms. The van der Waals surface area contributed by atoms with Crippen molar-refractivity contribution in [2.45, 2.75) is 57.8 Å². The van der Waals surface area contributed by atoms with Crippen LogP contribution in [0.25, 0.3) is 11.1 Å². The first kappa shape index (κ1) is 20.1. The molecule has 1 aromatic carbocycles. The van der Waals surface area contributed by atoms with E-state index in [9.17, 15) is 14.7 Å². The lowest BCUT2D eigenvalue weighted by Gasteiger charge is -2.43. The molecule has 3 rings (SSSR count). The Labute approximate surface area is 165 Å². The number of carbonyl (C=O) groups excluding carboxylic acids is 1. The highest BCUT2D eigenvalue weighted by molar-refractivity contribution is 5.70. The molecule has 150 valence electrons. The molecule has 1 amide bonds. The maximum absolute atomic E-state index is 12.6. The van der Waals surface area contributed by atoms with Gasteiger partial charge in [-0.05, 0) is 50.5 Å². The average molecular weight is 384 g/mol. The van der Waals surface area contributed by atoms with Crippen molar-refractivity contribution in [3.8, 4) is 11.1 Å². The number of rotatable bonds is 5. The van der Waals surface area contributed by atoms with E-state index in [2.05, 4.69) is 4.98 Å². The highest BCUT2D eigenvalue weighted by atomic mass is 16.6. The van der Waals surface area contributed by atoms with Gasteiger partial charge in [0.2, 0.25) is 5.56 Å². The summed E-state index contributed by atoms with van der Waals surface area (Å²) in [6.45, 7) is 7.89. The van der Waals surface area contributed by atoms with Crippen LogP contribution in [0.5, 0.6) is 0 Å². The van der Waals surface area contributed by atoms with Crippen molar-refractivity contribution >= 4 is 6.09 Å². The molecule has 2 heterocycles. The van der Waals surface area contributed by atoms with Crippen molar-refractivity contribution in [3.63, 3.8) is 0 Å². The summed E-state index contributed by atoms with van der Waals surface area (Å²) in [6.07, 6.45) is 2.41. The Morgan fingerprint density at radius 2 is 1.82 bits per heavy atom. The van der Waals surface area contributed by atoms with E-state index in [4.69, 9.17) is 4.74 Å². The molecule has 2 N–H and O–H groups in total. The van der Waals surface area contributed by atoms with E-state index in [1.54, 1.807) is 31.0 Å². The summed E-state index contributed by atoms with van der Waals surface area (Å²) >= 11 is 0. The van der Waals surface area contributed by atoms with E-state index in [1.807, 2.05) is 38.1 Å². The fraction of sp³-hybridized carbons (Fsp3) is 0.455. The van der Waals surface area contributed by atoms with Crippen LogP contribution in [0.4, 0.5) is 4.79 Å². The lowest BCUT2D eigenvalue weighted by molar-refractivity contribution is -0.0859. The molecular formula is C22H28N2O4. The number of hydrogen-bond donors (Lipinski definition) is 2. The number of aromatic amines is 1.